The molecule has 0 radical (unpaired) electrons. The van der Waals surface area contributed by atoms with Crippen LogP contribution in [-0.4, -0.2) is 31.4 Å². The zero-order valence-corrected chi connectivity index (χ0v) is 12.7. The first-order valence-corrected chi connectivity index (χ1v) is 8.17. The van der Waals surface area contributed by atoms with Crippen LogP contribution in [0, 0.1) is 6.92 Å². The molecule has 0 spiro atoms. The second-order valence-electron chi connectivity index (χ2n) is 5.16. The van der Waals surface area contributed by atoms with E-state index in [9.17, 15) is 8.42 Å². The molecule has 4 nitrogen and oxygen atoms in total. The molecule has 0 aromatic heterocycles. The van der Waals surface area contributed by atoms with Gasteiger partial charge >= 0.3 is 0 Å². The number of piperidine rings is 1. The van der Waals surface area contributed by atoms with Crippen molar-refractivity contribution in [3.05, 3.63) is 28.8 Å². The first-order chi connectivity index (χ1) is 8.82. The fourth-order valence-electron chi connectivity index (χ4n) is 2.57. The van der Waals surface area contributed by atoms with Gasteiger partial charge in [0.25, 0.3) is 0 Å². The lowest BCUT2D eigenvalue weighted by molar-refractivity contribution is 0.247. The molecule has 2 rings (SSSR count). The van der Waals surface area contributed by atoms with Crippen molar-refractivity contribution in [2.24, 2.45) is 5.73 Å². The fourth-order valence-corrected chi connectivity index (χ4v) is 4.66. The fraction of sp³-hybridized carbons (Fsp3) is 0.538. The van der Waals surface area contributed by atoms with E-state index in [1.807, 2.05) is 6.92 Å². The summed E-state index contributed by atoms with van der Waals surface area (Å²) in [5.41, 5.74) is 6.56. The molecule has 6 heteroatoms. The molecule has 0 amide bonds. The van der Waals surface area contributed by atoms with E-state index in [1.165, 1.54) is 0 Å². The van der Waals surface area contributed by atoms with Gasteiger partial charge in [0.1, 0.15) is 0 Å². The van der Waals surface area contributed by atoms with Gasteiger partial charge < -0.3 is 5.73 Å². The quantitative estimate of drug-likeness (QED) is 0.910. The zero-order valence-electron chi connectivity index (χ0n) is 11.1. The van der Waals surface area contributed by atoms with Gasteiger partial charge in [-0.15, -0.1) is 0 Å². The first-order valence-electron chi connectivity index (χ1n) is 6.36. The van der Waals surface area contributed by atoms with Crippen LogP contribution in [-0.2, 0) is 10.0 Å². The summed E-state index contributed by atoms with van der Waals surface area (Å²) < 4.78 is 26.9. The third kappa shape index (κ3) is 2.94. The van der Waals surface area contributed by atoms with Gasteiger partial charge in [0, 0.05) is 23.7 Å². The predicted molar refractivity (Wildman–Crippen MR) is 76.8 cm³/mol. The number of sulfonamides is 1. The first kappa shape index (κ1) is 14.8. The molecule has 0 aliphatic carbocycles. The molecule has 1 aliphatic heterocycles. The number of nitrogens with zero attached hydrogens (tertiary/aromatic N) is 1. The summed E-state index contributed by atoms with van der Waals surface area (Å²) in [6.45, 7) is 4.15. The largest absolute Gasteiger partial charge is 0.328 e. The van der Waals surface area contributed by atoms with Crippen LogP contribution in [0.25, 0.3) is 0 Å². The topological polar surface area (TPSA) is 63.4 Å². The van der Waals surface area contributed by atoms with Crippen LogP contribution in [0.15, 0.2) is 23.1 Å². The smallest absolute Gasteiger partial charge is 0.243 e. The Labute approximate surface area is 119 Å². The van der Waals surface area contributed by atoms with E-state index in [1.54, 1.807) is 29.4 Å². The Morgan fingerprint density at radius 3 is 2.68 bits per heavy atom. The van der Waals surface area contributed by atoms with E-state index in [4.69, 9.17) is 17.3 Å². The highest BCUT2D eigenvalue weighted by Crippen LogP contribution is 2.27. The number of hydrogen-bond acceptors (Lipinski definition) is 3. The molecule has 2 unspecified atom stereocenters. The summed E-state index contributed by atoms with van der Waals surface area (Å²) in [4.78, 5) is 0.333. The molecule has 1 aromatic rings. The highest BCUT2D eigenvalue weighted by molar-refractivity contribution is 7.89. The van der Waals surface area contributed by atoms with Crippen molar-refractivity contribution in [2.75, 3.05) is 6.54 Å². The summed E-state index contributed by atoms with van der Waals surface area (Å²) in [6.07, 6.45) is 1.40. The third-order valence-electron chi connectivity index (χ3n) is 3.58. The van der Waals surface area contributed by atoms with Crippen LogP contribution in [0.3, 0.4) is 0 Å². The van der Waals surface area contributed by atoms with E-state index in [-0.39, 0.29) is 12.1 Å². The predicted octanol–water partition coefficient (Wildman–Crippen LogP) is 2.15. The van der Waals surface area contributed by atoms with E-state index in [0.717, 1.165) is 0 Å². The van der Waals surface area contributed by atoms with Crippen molar-refractivity contribution in [1.29, 1.82) is 0 Å². The number of halogens is 1. The minimum absolute atomic E-state index is 0.0659. The third-order valence-corrected chi connectivity index (χ3v) is 5.99. The highest BCUT2D eigenvalue weighted by Gasteiger charge is 2.34. The Morgan fingerprint density at radius 2 is 2.11 bits per heavy atom. The van der Waals surface area contributed by atoms with Crippen LogP contribution >= 0.6 is 11.6 Å². The molecule has 0 saturated carbocycles. The van der Waals surface area contributed by atoms with Crippen LogP contribution in [0.1, 0.15) is 25.3 Å². The monoisotopic (exact) mass is 302 g/mol. The average molecular weight is 303 g/mol. The molecule has 2 N–H and O–H groups in total. The highest BCUT2D eigenvalue weighted by atomic mass is 35.5. The molecule has 1 aliphatic rings. The lowest BCUT2D eigenvalue weighted by atomic mass is 10.0. The van der Waals surface area contributed by atoms with E-state index in [2.05, 4.69) is 0 Å². The Morgan fingerprint density at radius 1 is 1.42 bits per heavy atom. The number of rotatable bonds is 2. The van der Waals surface area contributed by atoms with Crippen LogP contribution in [0.5, 0.6) is 0 Å². The summed E-state index contributed by atoms with van der Waals surface area (Å²) in [6, 6.07) is 4.89. The maximum absolute atomic E-state index is 12.7. The lowest BCUT2D eigenvalue weighted by Crippen LogP contribution is -2.48. The second kappa shape index (κ2) is 5.40. The zero-order chi connectivity index (χ0) is 14.2. The van der Waals surface area contributed by atoms with Crippen molar-refractivity contribution in [2.45, 2.75) is 43.7 Å². The molecular weight excluding hydrogens is 284 g/mol. The maximum Gasteiger partial charge on any atom is 0.243 e. The number of aryl methyl sites for hydroxylation is 1. The normalized spacial score (nSPS) is 25.5. The number of nitrogens with two attached hydrogens (primary N) is 1. The van der Waals surface area contributed by atoms with Crippen molar-refractivity contribution in [3.8, 4) is 0 Å². The van der Waals surface area contributed by atoms with E-state index in [0.29, 0.717) is 34.9 Å². The summed E-state index contributed by atoms with van der Waals surface area (Å²) in [5, 5.41) is 0.546. The van der Waals surface area contributed by atoms with Crippen molar-refractivity contribution < 1.29 is 8.42 Å². The molecule has 19 heavy (non-hydrogen) atoms. The van der Waals surface area contributed by atoms with Crippen LogP contribution in [0.2, 0.25) is 5.02 Å². The Kier molecular flexibility index (Phi) is 4.20. The number of benzene rings is 1. The van der Waals surface area contributed by atoms with Crippen molar-refractivity contribution in [3.63, 3.8) is 0 Å². The minimum atomic E-state index is -3.46. The van der Waals surface area contributed by atoms with Crippen LogP contribution < -0.4 is 5.73 Å². The van der Waals surface area contributed by atoms with E-state index < -0.39 is 10.0 Å². The van der Waals surface area contributed by atoms with Gasteiger partial charge in [-0.1, -0.05) is 11.6 Å². The van der Waals surface area contributed by atoms with Gasteiger partial charge in [0.05, 0.1) is 4.90 Å². The molecule has 1 aromatic carbocycles. The second-order valence-corrected chi connectivity index (χ2v) is 7.45. The van der Waals surface area contributed by atoms with Gasteiger partial charge in [-0.05, 0) is 50.5 Å². The van der Waals surface area contributed by atoms with Gasteiger partial charge in [-0.25, -0.2) is 8.42 Å². The molecule has 106 valence electrons. The molecule has 1 heterocycles. The van der Waals surface area contributed by atoms with Gasteiger partial charge in [-0.3, -0.25) is 0 Å². The van der Waals surface area contributed by atoms with Gasteiger partial charge in [0.2, 0.25) is 10.0 Å². The molecule has 1 fully saturated rings. The Bertz CT molecular complexity index is 574. The minimum Gasteiger partial charge on any atom is -0.328 e. The molecule has 0 bridgehead atoms. The number of hydrogen-bond donors (Lipinski definition) is 1. The van der Waals surface area contributed by atoms with Crippen LogP contribution in [0.4, 0.5) is 0 Å². The Hall–Kier alpha value is -0.620. The SMILES string of the molecule is Cc1cc(Cl)ccc1S(=O)(=O)N1CCC(N)CC1C. The summed E-state index contributed by atoms with van der Waals surface area (Å²) >= 11 is 5.88. The summed E-state index contributed by atoms with van der Waals surface area (Å²) in [5.74, 6) is 0. The molecule has 2 atom stereocenters. The van der Waals surface area contributed by atoms with Gasteiger partial charge in [-0.2, -0.15) is 4.31 Å². The Balaban J connectivity index is 2.37. The maximum atomic E-state index is 12.7. The van der Waals surface area contributed by atoms with E-state index >= 15 is 0 Å². The lowest BCUT2D eigenvalue weighted by Gasteiger charge is -2.35. The summed E-state index contributed by atoms with van der Waals surface area (Å²) in [7, 11) is -3.46. The van der Waals surface area contributed by atoms with Gasteiger partial charge in [0.15, 0.2) is 0 Å². The van der Waals surface area contributed by atoms with Crippen molar-refractivity contribution >= 4 is 21.6 Å². The molecule has 1 saturated heterocycles. The molecular formula is C13H19ClN2O2S. The standard InChI is InChI=1S/C13H19ClN2O2S/c1-9-7-11(14)3-4-13(9)19(17,18)16-6-5-12(15)8-10(16)2/h3-4,7,10,12H,5-6,8,15H2,1-2H3. The van der Waals surface area contributed by atoms with Crippen molar-refractivity contribution in [1.82, 2.24) is 4.31 Å². The average Bonchev–Trinajstić information content (AvgIpc) is 2.27.